The first-order chi connectivity index (χ1) is 15.3. The van der Waals surface area contributed by atoms with Crippen molar-refractivity contribution in [2.24, 2.45) is 17.6 Å². The zero-order valence-corrected chi connectivity index (χ0v) is 17.6. The van der Waals surface area contributed by atoms with Crippen LogP contribution in [0.1, 0.15) is 37.3 Å². The molecule has 1 aromatic rings. The van der Waals surface area contributed by atoms with Gasteiger partial charge in [0.1, 0.15) is 22.8 Å². The van der Waals surface area contributed by atoms with Crippen LogP contribution in [-0.2, 0) is 19.2 Å². The summed E-state index contributed by atoms with van der Waals surface area (Å²) in [7, 11) is 0. The molecule has 5 atom stereocenters. The molecule has 3 aliphatic carbocycles. The summed E-state index contributed by atoms with van der Waals surface area (Å²) in [6.07, 6.45) is -2.23. The van der Waals surface area contributed by atoms with Gasteiger partial charge in [0.2, 0.25) is 11.7 Å². The molecule has 33 heavy (non-hydrogen) atoms. The third-order valence-electron chi connectivity index (χ3n) is 6.81. The summed E-state index contributed by atoms with van der Waals surface area (Å²) in [5, 5.41) is 57.0. The average Bonchev–Trinajstić information content (AvgIpc) is 2.72. The molecular formula is C22H22N2O9. The largest absolute Gasteiger partial charge is 0.508 e. The van der Waals surface area contributed by atoms with Crippen LogP contribution in [0.2, 0.25) is 0 Å². The quantitative estimate of drug-likeness (QED) is 0.233. The SMILES string of the molecule is CC(=O)Nc1ccc2c(c1O)C(O)=C1C(=O)[C@]3(O)C(O)=C(C(N)=O)C(=O)C[C@@H]3C(O)[C@@H]1C2C. The van der Waals surface area contributed by atoms with Crippen molar-refractivity contribution in [2.45, 2.75) is 37.9 Å². The number of aliphatic hydroxyl groups is 4. The van der Waals surface area contributed by atoms with Gasteiger partial charge >= 0.3 is 0 Å². The van der Waals surface area contributed by atoms with Crippen molar-refractivity contribution in [3.05, 3.63) is 40.2 Å². The molecule has 8 N–H and O–H groups in total. The van der Waals surface area contributed by atoms with Gasteiger partial charge in [-0.1, -0.05) is 13.0 Å². The molecule has 1 fully saturated rings. The van der Waals surface area contributed by atoms with Crippen LogP contribution >= 0.6 is 0 Å². The van der Waals surface area contributed by atoms with Gasteiger partial charge in [0, 0.05) is 30.8 Å². The van der Waals surface area contributed by atoms with E-state index in [0.29, 0.717) is 5.56 Å². The Morgan fingerprint density at radius 2 is 1.82 bits per heavy atom. The molecule has 0 bridgehead atoms. The van der Waals surface area contributed by atoms with Crippen molar-refractivity contribution in [3.63, 3.8) is 0 Å². The molecule has 2 amide bonds. The summed E-state index contributed by atoms with van der Waals surface area (Å²) in [5.74, 6) is -9.89. The van der Waals surface area contributed by atoms with Gasteiger partial charge in [0.05, 0.1) is 17.4 Å². The fourth-order valence-electron chi connectivity index (χ4n) is 5.29. The second-order valence-corrected chi connectivity index (χ2v) is 8.59. The predicted molar refractivity (Wildman–Crippen MR) is 112 cm³/mol. The van der Waals surface area contributed by atoms with Gasteiger partial charge in [-0.15, -0.1) is 0 Å². The van der Waals surface area contributed by atoms with Gasteiger partial charge in [-0.05, 0) is 17.5 Å². The number of amides is 2. The number of carbonyl (C=O) groups excluding carboxylic acids is 4. The highest BCUT2D eigenvalue weighted by atomic mass is 16.4. The molecule has 0 aromatic heterocycles. The van der Waals surface area contributed by atoms with Gasteiger partial charge in [-0.2, -0.15) is 0 Å². The van der Waals surface area contributed by atoms with E-state index in [-0.39, 0.29) is 11.3 Å². The highest BCUT2D eigenvalue weighted by molar-refractivity contribution is 6.23. The van der Waals surface area contributed by atoms with E-state index in [1.54, 1.807) is 6.92 Å². The van der Waals surface area contributed by atoms with E-state index >= 15 is 0 Å². The van der Waals surface area contributed by atoms with Crippen LogP contribution in [-0.4, -0.2) is 60.6 Å². The van der Waals surface area contributed by atoms with Crippen molar-refractivity contribution in [1.29, 1.82) is 0 Å². The number of benzene rings is 1. The summed E-state index contributed by atoms with van der Waals surface area (Å²) >= 11 is 0. The van der Waals surface area contributed by atoms with E-state index in [4.69, 9.17) is 5.73 Å². The van der Waals surface area contributed by atoms with E-state index < -0.39 is 87.7 Å². The molecule has 2 unspecified atom stereocenters. The van der Waals surface area contributed by atoms with Crippen LogP contribution in [0, 0.1) is 11.8 Å². The first-order valence-electron chi connectivity index (χ1n) is 10.1. The molecule has 11 nitrogen and oxygen atoms in total. The average molecular weight is 458 g/mol. The van der Waals surface area contributed by atoms with Crippen molar-refractivity contribution in [1.82, 2.24) is 0 Å². The Morgan fingerprint density at radius 3 is 2.39 bits per heavy atom. The number of phenolic OH excluding ortho intramolecular Hbond substituents is 1. The first-order valence-corrected chi connectivity index (χ1v) is 10.1. The Morgan fingerprint density at radius 1 is 1.18 bits per heavy atom. The number of hydrogen-bond acceptors (Lipinski definition) is 9. The summed E-state index contributed by atoms with van der Waals surface area (Å²) < 4.78 is 0. The van der Waals surface area contributed by atoms with Crippen LogP contribution in [0.3, 0.4) is 0 Å². The second-order valence-electron chi connectivity index (χ2n) is 8.59. The van der Waals surface area contributed by atoms with Gasteiger partial charge < -0.3 is 36.6 Å². The number of aliphatic hydroxyl groups excluding tert-OH is 3. The highest BCUT2D eigenvalue weighted by Crippen LogP contribution is 2.56. The Balaban J connectivity index is 1.99. The number of anilines is 1. The van der Waals surface area contributed by atoms with E-state index in [1.807, 2.05) is 0 Å². The molecule has 1 aromatic carbocycles. The number of Topliss-reactive ketones (excluding diaryl/α,β-unsaturated/α-hetero) is 2. The molecule has 4 rings (SSSR count). The fraction of sp³-hybridized carbons (Fsp3) is 0.364. The first kappa shape index (κ1) is 22.5. The minimum Gasteiger partial charge on any atom is -0.508 e. The van der Waals surface area contributed by atoms with Crippen LogP contribution in [0.5, 0.6) is 5.75 Å². The van der Waals surface area contributed by atoms with Gasteiger partial charge in [-0.3, -0.25) is 19.2 Å². The van der Waals surface area contributed by atoms with Gasteiger partial charge in [-0.25, -0.2) is 0 Å². The van der Waals surface area contributed by atoms with E-state index in [2.05, 4.69) is 5.32 Å². The third-order valence-corrected chi connectivity index (χ3v) is 6.81. The highest BCUT2D eigenvalue weighted by Gasteiger charge is 2.64. The maximum absolute atomic E-state index is 13.5. The number of hydrogen-bond donors (Lipinski definition) is 7. The Kier molecular flexibility index (Phi) is 4.88. The number of carbonyl (C=O) groups is 4. The molecule has 0 heterocycles. The minimum absolute atomic E-state index is 0.0403. The van der Waals surface area contributed by atoms with Crippen LogP contribution in [0.15, 0.2) is 29.0 Å². The topological polar surface area (TPSA) is 207 Å². The van der Waals surface area contributed by atoms with Crippen molar-refractivity contribution < 1.29 is 44.7 Å². The monoisotopic (exact) mass is 458 g/mol. The molecule has 1 saturated carbocycles. The van der Waals surface area contributed by atoms with Gasteiger partial charge in [0.15, 0.2) is 11.4 Å². The molecule has 0 spiro atoms. The van der Waals surface area contributed by atoms with Crippen molar-refractivity contribution >= 4 is 34.8 Å². The Hall–Kier alpha value is -3.70. The zero-order valence-electron chi connectivity index (χ0n) is 17.6. The lowest BCUT2D eigenvalue weighted by molar-refractivity contribution is -0.160. The number of nitrogens with two attached hydrogens (primary N) is 1. The lowest BCUT2D eigenvalue weighted by Crippen LogP contribution is -2.63. The fourth-order valence-corrected chi connectivity index (χ4v) is 5.29. The zero-order chi connectivity index (χ0) is 24.6. The van der Waals surface area contributed by atoms with Crippen molar-refractivity contribution in [3.8, 4) is 5.75 Å². The van der Waals surface area contributed by atoms with Gasteiger partial charge in [0.25, 0.3) is 5.91 Å². The van der Waals surface area contributed by atoms with E-state index in [1.165, 1.54) is 19.1 Å². The maximum Gasteiger partial charge on any atom is 0.255 e. The molecule has 0 saturated heterocycles. The summed E-state index contributed by atoms with van der Waals surface area (Å²) in [6, 6.07) is 2.90. The molecule has 0 radical (unpaired) electrons. The number of ketones is 2. The number of primary amides is 1. The number of nitrogens with one attached hydrogen (secondary N) is 1. The lowest BCUT2D eigenvalue weighted by atomic mass is 9.55. The van der Waals surface area contributed by atoms with Crippen molar-refractivity contribution in [2.75, 3.05) is 5.32 Å². The standard InChI is InChI=1S/C22H22N2O9/c1-6-8-3-4-10(24-7(2)25)17(28)13(8)18(29)15-12(6)16(27)9-5-11(26)14(21(23)32)19(30)22(9,33)20(15)31/h3-4,6,9,12,16,27-30,33H,5H2,1-2H3,(H2,23,32)(H,24,25)/t6?,9-,12-,16?,22-/m1/s1. The summed E-state index contributed by atoms with van der Waals surface area (Å²) in [5.41, 5.74) is 0.937. The lowest BCUT2D eigenvalue weighted by Gasteiger charge is -2.50. The minimum atomic E-state index is -2.89. The van der Waals surface area contributed by atoms with E-state index in [9.17, 15) is 44.7 Å². The Labute approximate surface area is 186 Å². The van der Waals surface area contributed by atoms with Crippen LogP contribution in [0.4, 0.5) is 5.69 Å². The summed E-state index contributed by atoms with van der Waals surface area (Å²) in [6.45, 7) is 2.83. The number of aromatic hydroxyl groups is 1. The number of rotatable bonds is 2. The molecule has 174 valence electrons. The predicted octanol–water partition coefficient (Wildman–Crippen LogP) is -0.0859. The molecule has 3 aliphatic rings. The Bertz CT molecular complexity index is 1210. The number of phenols is 1. The number of fused-ring (bicyclic) bond motifs is 3. The molecule has 0 aliphatic heterocycles. The third kappa shape index (κ3) is 2.82. The smallest absolute Gasteiger partial charge is 0.255 e. The van der Waals surface area contributed by atoms with E-state index in [0.717, 1.165) is 0 Å². The van der Waals surface area contributed by atoms with Crippen LogP contribution in [0.25, 0.3) is 5.76 Å². The maximum atomic E-state index is 13.5. The van der Waals surface area contributed by atoms with Crippen LogP contribution < -0.4 is 11.1 Å². The molecule has 11 heteroatoms. The second kappa shape index (κ2) is 7.15. The summed E-state index contributed by atoms with van der Waals surface area (Å²) in [4.78, 5) is 49.0. The molecular weight excluding hydrogens is 436 g/mol. The normalized spacial score (nSPS) is 31.0.